The highest BCUT2D eigenvalue weighted by Crippen LogP contribution is 2.03. The molecule has 0 atom stereocenters. The first-order valence-electron chi connectivity index (χ1n) is 6.15. The molecule has 100 valence electrons. The number of carbonyl (C=O) groups excluding carboxylic acids is 1. The van der Waals surface area contributed by atoms with Gasteiger partial charge in [0.25, 0.3) is 5.56 Å². The number of esters is 1. The van der Waals surface area contributed by atoms with Crippen LogP contribution in [0.1, 0.15) is 32.6 Å². The van der Waals surface area contributed by atoms with Crippen LogP contribution in [0.5, 0.6) is 0 Å². The van der Waals surface area contributed by atoms with Crippen molar-refractivity contribution in [1.82, 2.24) is 4.57 Å². The molecule has 0 aliphatic rings. The van der Waals surface area contributed by atoms with Gasteiger partial charge in [0.1, 0.15) is 6.54 Å². The van der Waals surface area contributed by atoms with Gasteiger partial charge in [-0.05, 0) is 12.5 Å². The Morgan fingerprint density at radius 1 is 1.33 bits per heavy atom. The maximum absolute atomic E-state index is 11.5. The molecule has 18 heavy (non-hydrogen) atoms. The van der Waals surface area contributed by atoms with Gasteiger partial charge in [-0.15, -0.1) is 0 Å². The third kappa shape index (κ3) is 5.36. The number of aromatic nitrogens is 1. The Bertz CT molecular complexity index is 442. The standard InChI is InChI=1S/C13H18ClNO3/c1-2-3-4-5-8-18-13(17)10-15-9-11(14)6-7-12(15)16/h6-7,9H,2-5,8,10H2,1H3. The SMILES string of the molecule is CCCCCCOC(=O)Cn1cc(Cl)ccc1=O. The Kier molecular flexibility index (Phi) is 6.50. The normalized spacial score (nSPS) is 10.3. The summed E-state index contributed by atoms with van der Waals surface area (Å²) in [4.78, 5) is 22.9. The largest absolute Gasteiger partial charge is 0.464 e. The molecule has 5 heteroatoms. The first-order chi connectivity index (χ1) is 8.63. The monoisotopic (exact) mass is 271 g/mol. The van der Waals surface area contributed by atoms with E-state index in [1.165, 1.54) is 22.9 Å². The molecule has 0 amide bonds. The number of rotatable bonds is 7. The Balaban J connectivity index is 2.35. The van der Waals surface area contributed by atoms with Crippen LogP contribution < -0.4 is 5.56 Å². The summed E-state index contributed by atoms with van der Waals surface area (Å²) >= 11 is 5.75. The van der Waals surface area contributed by atoms with E-state index in [2.05, 4.69) is 6.92 Å². The van der Waals surface area contributed by atoms with Crippen molar-refractivity contribution < 1.29 is 9.53 Å². The van der Waals surface area contributed by atoms with Crippen LogP contribution in [0, 0.1) is 0 Å². The lowest BCUT2D eigenvalue weighted by molar-refractivity contribution is -0.144. The second kappa shape index (κ2) is 7.93. The summed E-state index contributed by atoms with van der Waals surface area (Å²) in [6.07, 6.45) is 5.64. The van der Waals surface area contributed by atoms with Gasteiger partial charge in [-0.1, -0.05) is 37.8 Å². The van der Waals surface area contributed by atoms with E-state index in [0.717, 1.165) is 25.7 Å². The van der Waals surface area contributed by atoms with E-state index in [1.807, 2.05) is 0 Å². The van der Waals surface area contributed by atoms with Crippen LogP contribution in [0.25, 0.3) is 0 Å². The molecule has 1 aromatic heterocycles. The average molecular weight is 272 g/mol. The van der Waals surface area contributed by atoms with Crippen LogP contribution in [0.2, 0.25) is 5.02 Å². The van der Waals surface area contributed by atoms with Crippen molar-refractivity contribution in [2.24, 2.45) is 0 Å². The minimum Gasteiger partial charge on any atom is -0.464 e. The van der Waals surface area contributed by atoms with E-state index in [4.69, 9.17) is 16.3 Å². The van der Waals surface area contributed by atoms with Gasteiger partial charge in [0, 0.05) is 12.3 Å². The van der Waals surface area contributed by atoms with E-state index >= 15 is 0 Å². The highest BCUT2D eigenvalue weighted by molar-refractivity contribution is 6.30. The Morgan fingerprint density at radius 2 is 2.11 bits per heavy atom. The van der Waals surface area contributed by atoms with Crippen molar-refractivity contribution in [2.45, 2.75) is 39.2 Å². The Hall–Kier alpha value is -1.29. The summed E-state index contributed by atoms with van der Waals surface area (Å²) in [5.74, 6) is -0.407. The lowest BCUT2D eigenvalue weighted by Gasteiger charge is -2.06. The van der Waals surface area contributed by atoms with Crippen molar-refractivity contribution in [3.63, 3.8) is 0 Å². The zero-order valence-corrected chi connectivity index (χ0v) is 11.3. The third-order valence-corrected chi connectivity index (χ3v) is 2.73. The van der Waals surface area contributed by atoms with Gasteiger partial charge < -0.3 is 9.30 Å². The molecule has 0 saturated heterocycles. The number of pyridine rings is 1. The molecule has 0 fully saturated rings. The van der Waals surface area contributed by atoms with E-state index in [1.54, 1.807) is 0 Å². The molecule has 0 N–H and O–H groups in total. The summed E-state index contributed by atoms with van der Waals surface area (Å²) in [7, 11) is 0. The zero-order valence-electron chi connectivity index (χ0n) is 10.5. The molecule has 0 radical (unpaired) electrons. The predicted molar refractivity (Wildman–Crippen MR) is 70.8 cm³/mol. The molecule has 1 heterocycles. The maximum Gasteiger partial charge on any atom is 0.326 e. The van der Waals surface area contributed by atoms with Crippen molar-refractivity contribution in [2.75, 3.05) is 6.61 Å². The van der Waals surface area contributed by atoms with Crippen LogP contribution in [-0.4, -0.2) is 17.1 Å². The smallest absolute Gasteiger partial charge is 0.326 e. The fraction of sp³-hybridized carbons (Fsp3) is 0.538. The molecule has 4 nitrogen and oxygen atoms in total. The van der Waals surface area contributed by atoms with Gasteiger partial charge in [-0.3, -0.25) is 9.59 Å². The number of hydrogen-bond donors (Lipinski definition) is 0. The van der Waals surface area contributed by atoms with E-state index in [0.29, 0.717) is 11.6 Å². The summed E-state index contributed by atoms with van der Waals surface area (Å²) < 4.78 is 6.29. The average Bonchev–Trinajstić information content (AvgIpc) is 2.33. The summed E-state index contributed by atoms with van der Waals surface area (Å²) in [5.41, 5.74) is -0.262. The highest BCUT2D eigenvalue weighted by Gasteiger charge is 2.05. The van der Waals surface area contributed by atoms with Crippen LogP contribution in [0.15, 0.2) is 23.1 Å². The lowest BCUT2D eigenvalue weighted by atomic mass is 10.2. The van der Waals surface area contributed by atoms with Gasteiger partial charge >= 0.3 is 5.97 Å². The molecule has 0 spiro atoms. The molecular formula is C13H18ClNO3. The van der Waals surface area contributed by atoms with Crippen LogP contribution in [0.4, 0.5) is 0 Å². The topological polar surface area (TPSA) is 48.3 Å². The molecular weight excluding hydrogens is 254 g/mol. The molecule has 0 aromatic carbocycles. The fourth-order valence-corrected chi connectivity index (χ4v) is 1.71. The van der Waals surface area contributed by atoms with E-state index in [-0.39, 0.29) is 12.1 Å². The Morgan fingerprint density at radius 3 is 2.83 bits per heavy atom. The first kappa shape index (κ1) is 14.8. The highest BCUT2D eigenvalue weighted by atomic mass is 35.5. The van der Waals surface area contributed by atoms with Crippen LogP contribution >= 0.6 is 11.6 Å². The summed E-state index contributed by atoms with van der Waals surface area (Å²) in [6.45, 7) is 2.44. The zero-order chi connectivity index (χ0) is 13.4. The molecule has 0 bridgehead atoms. The molecule has 0 unspecified atom stereocenters. The van der Waals surface area contributed by atoms with Gasteiger partial charge in [0.2, 0.25) is 0 Å². The molecule has 0 aliphatic heterocycles. The van der Waals surface area contributed by atoms with Crippen LogP contribution in [-0.2, 0) is 16.1 Å². The summed E-state index contributed by atoms with van der Waals surface area (Å²) in [5, 5.41) is 0.422. The fourth-order valence-electron chi connectivity index (χ4n) is 1.53. The first-order valence-corrected chi connectivity index (χ1v) is 6.53. The number of carbonyl (C=O) groups is 1. The van der Waals surface area contributed by atoms with Crippen molar-refractivity contribution in [3.05, 3.63) is 33.7 Å². The van der Waals surface area contributed by atoms with Gasteiger partial charge in [-0.25, -0.2) is 0 Å². The van der Waals surface area contributed by atoms with E-state index in [9.17, 15) is 9.59 Å². The maximum atomic E-state index is 11.5. The van der Waals surface area contributed by atoms with Crippen molar-refractivity contribution >= 4 is 17.6 Å². The predicted octanol–water partition coefficient (Wildman–Crippen LogP) is 2.63. The van der Waals surface area contributed by atoms with Crippen LogP contribution in [0.3, 0.4) is 0 Å². The quantitative estimate of drug-likeness (QED) is 0.566. The summed E-state index contributed by atoms with van der Waals surface area (Å²) in [6, 6.07) is 2.83. The number of unbranched alkanes of at least 4 members (excludes halogenated alkanes) is 3. The second-order valence-corrected chi connectivity index (χ2v) is 4.53. The minimum absolute atomic E-state index is 0.0901. The van der Waals surface area contributed by atoms with E-state index < -0.39 is 5.97 Å². The number of nitrogens with zero attached hydrogens (tertiary/aromatic N) is 1. The number of ether oxygens (including phenoxy) is 1. The molecule has 1 aromatic rings. The number of hydrogen-bond acceptors (Lipinski definition) is 3. The van der Waals surface area contributed by atoms with Crippen molar-refractivity contribution in [3.8, 4) is 0 Å². The van der Waals surface area contributed by atoms with Gasteiger partial charge in [0.15, 0.2) is 0 Å². The molecule has 0 saturated carbocycles. The molecule has 0 aliphatic carbocycles. The molecule has 1 rings (SSSR count). The third-order valence-electron chi connectivity index (χ3n) is 2.51. The van der Waals surface area contributed by atoms with Gasteiger partial charge in [-0.2, -0.15) is 0 Å². The lowest BCUT2D eigenvalue weighted by Crippen LogP contribution is -2.24. The number of halogens is 1. The second-order valence-electron chi connectivity index (χ2n) is 4.09. The minimum atomic E-state index is -0.407. The van der Waals surface area contributed by atoms with Crippen molar-refractivity contribution in [1.29, 1.82) is 0 Å². The van der Waals surface area contributed by atoms with Gasteiger partial charge in [0.05, 0.1) is 11.6 Å². The Labute approximate surface area is 112 Å².